The average molecular weight is 420 g/mol. The maximum atomic E-state index is 12.6. The summed E-state index contributed by atoms with van der Waals surface area (Å²) in [6, 6.07) is 3.14. The molecule has 0 atom stereocenters. The van der Waals surface area contributed by atoms with E-state index in [4.69, 9.17) is 11.6 Å². The monoisotopic (exact) mass is 419 g/mol. The molecular formula is C17H26ClN3O3S2. The van der Waals surface area contributed by atoms with Gasteiger partial charge in [-0.3, -0.25) is 9.69 Å². The van der Waals surface area contributed by atoms with Gasteiger partial charge in [0, 0.05) is 26.2 Å². The SMILES string of the molecule is O=C(CN1CCCCCCC1)N1CCN(S(=O)(=O)c2ccc(Cl)s2)CC1. The second kappa shape index (κ2) is 9.01. The van der Waals surface area contributed by atoms with Crippen molar-refractivity contribution >= 4 is 38.9 Å². The van der Waals surface area contributed by atoms with Crippen molar-refractivity contribution in [3.05, 3.63) is 16.5 Å². The molecule has 2 aliphatic heterocycles. The first-order valence-corrected chi connectivity index (χ1v) is 11.9. The Bertz CT molecular complexity index is 707. The molecule has 1 aromatic heterocycles. The number of amides is 1. The Morgan fingerprint density at radius 1 is 0.962 bits per heavy atom. The number of thiophene rings is 1. The fraction of sp³-hybridized carbons (Fsp3) is 0.706. The third-order valence-corrected chi connectivity index (χ3v) is 8.64. The summed E-state index contributed by atoms with van der Waals surface area (Å²) < 4.78 is 27.4. The lowest BCUT2D eigenvalue weighted by Crippen LogP contribution is -2.52. The summed E-state index contributed by atoms with van der Waals surface area (Å²) in [4.78, 5) is 16.6. The maximum Gasteiger partial charge on any atom is 0.252 e. The van der Waals surface area contributed by atoms with E-state index in [2.05, 4.69) is 4.90 Å². The van der Waals surface area contributed by atoms with E-state index in [1.54, 1.807) is 17.0 Å². The smallest absolute Gasteiger partial charge is 0.252 e. The summed E-state index contributed by atoms with van der Waals surface area (Å²) in [6.07, 6.45) is 6.10. The first-order chi connectivity index (χ1) is 12.5. The molecule has 2 saturated heterocycles. The number of hydrogen-bond acceptors (Lipinski definition) is 5. The molecule has 6 nitrogen and oxygen atoms in total. The van der Waals surface area contributed by atoms with Crippen LogP contribution in [0.1, 0.15) is 32.1 Å². The van der Waals surface area contributed by atoms with Gasteiger partial charge >= 0.3 is 0 Å². The van der Waals surface area contributed by atoms with Crippen LogP contribution in [0, 0.1) is 0 Å². The average Bonchev–Trinajstić information content (AvgIpc) is 3.04. The largest absolute Gasteiger partial charge is 0.339 e. The number of rotatable bonds is 4. The molecule has 2 fully saturated rings. The lowest BCUT2D eigenvalue weighted by Gasteiger charge is -2.35. The van der Waals surface area contributed by atoms with Crippen LogP contribution < -0.4 is 0 Å². The van der Waals surface area contributed by atoms with Gasteiger partial charge in [0.1, 0.15) is 4.21 Å². The van der Waals surface area contributed by atoms with E-state index in [1.807, 2.05) is 0 Å². The van der Waals surface area contributed by atoms with E-state index in [-0.39, 0.29) is 10.1 Å². The number of carbonyl (C=O) groups excluding carboxylic acids is 1. The Morgan fingerprint density at radius 3 is 2.15 bits per heavy atom. The maximum absolute atomic E-state index is 12.6. The number of likely N-dealkylation sites (tertiary alicyclic amines) is 1. The van der Waals surface area contributed by atoms with Crippen LogP contribution in [0.4, 0.5) is 0 Å². The minimum absolute atomic E-state index is 0.113. The van der Waals surface area contributed by atoms with Crippen LogP contribution in [-0.4, -0.2) is 74.2 Å². The Labute approximate surface area is 164 Å². The van der Waals surface area contributed by atoms with Crippen molar-refractivity contribution in [1.29, 1.82) is 0 Å². The molecular weight excluding hydrogens is 394 g/mol. The zero-order chi connectivity index (χ0) is 18.6. The first-order valence-electron chi connectivity index (χ1n) is 9.22. The van der Waals surface area contributed by atoms with Crippen LogP contribution in [0.5, 0.6) is 0 Å². The number of hydrogen-bond donors (Lipinski definition) is 0. The van der Waals surface area contributed by atoms with Crippen molar-refractivity contribution in [2.75, 3.05) is 45.8 Å². The quantitative estimate of drug-likeness (QED) is 0.752. The lowest BCUT2D eigenvalue weighted by atomic mass is 10.1. The minimum atomic E-state index is -3.51. The summed E-state index contributed by atoms with van der Waals surface area (Å²) >= 11 is 6.93. The minimum Gasteiger partial charge on any atom is -0.339 e. The molecule has 0 radical (unpaired) electrons. The lowest BCUT2D eigenvalue weighted by molar-refractivity contribution is -0.133. The molecule has 0 spiro atoms. The molecule has 2 aliphatic rings. The predicted octanol–water partition coefficient (Wildman–Crippen LogP) is 2.50. The Hall–Kier alpha value is -0.670. The van der Waals surface area contributed by atoms with Crippen LogP contribution in [-0.2, 0) is 14.8 Å². The Balaban J connectivity index is 1.52. The molecule has 3 heterocycles. The highest BCUT2D eigenvalue weighted by molar-refractivity contribution is 7.91. The van der Waals surface area contributed by atoms with Gasteiger partial charge in [0.05, 0.1) is 10.9 Å². The van der Waals surface area contributed by atoms with Gasteiger partial charge < -0.3 is 4.90 Å². The van der Waals surface area contributed by atoms with Crippen LogP contribution in [0.3, 0.4) is 0 Å². The highest BCUT2D eigenvalue weighted by atomic mass is 35.5. The number of halogens is 1. The van der Waals surface area contributed by atoms with Gasteiger partial charge in [-0.15, -0.1) is 11.3 Å². The third-order valence-electron chi connectivity index (χ3n) is 5.04. The highest BCUT2D eigenvalue weighted by Crippen LogP contribution is 2.28. The molecule has 1 amide bonds. The fourth-order valence-corrected chi connectivity index (χ4v) is 6.56. The Kier molecular flexibility index (Phi) is 6.96. The third kappa shape index (κ3) is 4.98. The van der Waals surface area contributed by atoms with Gasteiger partial charge in [-0.2, -0.15) is 4.31 Å². The molecule has 146 valence electrons. The van der Waals surface area contributed by atoms with Gasteiger partial charge in [-0.1, -0.05) is 30.9 Å². The molecule has 0 aromatic carbocycles. The second-order valence-electron chi connectivity index (χ2n) is 6.89. The van der Waals surface area contributed by atoms with E-state index < -0.39 is 10.0 Å². The van der Waals surface area contributed by atoms with E-state index >= 15 is 0 Å². The molecule has 0 N–H and O–H groups in total. The van der Waals surface area contributed by atoms with E-state index in [0.717, 1.165) is 37.3 Å². The molecule has 3 rings (SSSR count). The standard InChI is InChI=1S/C17H26ClN3O3S2/c18-15-6-7-17(25-15)26(23,24)21-12-10-20(11-13-21)16(22)14-19-8-4-2-1-3-5-9-19/h6-7H,1-5,8-14H2. The van der Waals surface area contributed by atoms with Crippen molar-refractivity contribution in [3.8, 4) is 0 Å². The van der Waals surface area contributed by atoms with Crippen molar-refractivity contribution in [3.63, 3.8) is 0 Å². The van der Waals surface area contributed by atoms with E-state index in [9.17, 15) is 13.2 Å². The highest BCUT2D eigenvalue weighted by Gasteiger charge is 2.31. The first kappa shape index (κ1) is 20.1. The molecule has 9 heteroatoms. The van der Waals surface area contributed by atoms with Crippen LogP contribution in [0.15, 0.2) is 16.3 Å². The van der Waals surface area contributed by atoms with Gasteiger partial charge in [-0.05, 0) is 38.1 Å². The van der Waals surface area contributed by atoms with Crippen LogP contribution >= 0.6 is 22.9 Å². The molecule has 1 aromatic rings. The van der Waals surface area contributed by atoms with Gasteiger partial charge in [0.15, 0.2) is 0 Å². The summed E-state index contributed by atoms with van der Waals surface area (Å²) in [5.74, 6) is 0.113. The fourth-order valence-electron chi connectivity index (χ4n) is 3.50. The van der Waals surface area contributed by atoms with E-state index in [1.165, 1.54) is 23.6 Å². The normalized spacial score (nSPS) is 21.3. The number of carbonyl (C=O) groups is 1. The zero-order valence-corrected chi connectivity index (χ0v) is 17.3. The summed E-state index contributed by atoms with van der Waals surface area (Å²) in [6.45, 7) is 3.99. The molecule has 0 saturated carbocycles. The topological polar surface area (TPSA) is 60.9 Å². The Morgan fingerprint density at radius 2 is 1.58 bits per heavy atom. The van der Waals surface area contributed by atoms with Crippen molar-refractivity contribution in [2.45, 2.75) is 36.3 Å². The van der Waals surface area contributed by atoms with Crippen molar-refractivity contribution in [1.82, 2.24) is 14.1 Å². The molecule has 0 aliphatic carbocycles. The zero-order valence-electron chi connectivity index (χ0n) is 14.9. The van der Waals surface area contributed by atoms with Crippen molar-refractivity contribution in [2.24, 2.45) is 0 Å². The number of sulfonamides is 1. The molecule has 26 heavy (non-hydrogen) atoms. The summed E-state index contributed by atoms with van der Waals surface area (Å²) in [5, 5.41) is 0. The second-order valence-corrected chi connectivity index (χ2v) is 10.8. The number of piperazine rings is 1. The van der Waals surface area contributed by atoms with Gasteiger partial charge in [-0.25, -0.2) is 8.42 Å². The summed E-state index contributed by atoms with van der Waals surface area (Å²) in [5.41, 5.74) is 0. The van der Waals surface area contributed by atoms with Crippen molar-refractivity contribution < 1.29 is 13.2 Å². The van der Waals surface area contributed by atoms with Crippen LogP contribution in [0.2, 0.25) is 4.34 Å². The molecule has 0 bridgehead atoms. The number of nitrogens with zero attached hydrogens (tertiary/aromatic N) is 3. The predicted molar refractivity (Wildman–Crippen MR) is 104 cm³/mol. The summed E-state index contributed by atoms with van der Waals surface area (Å²) in [7, 11) is -3.51. The molecule has 0 unspecified atom stereocenters. The van der Waals surface area contributed by atoms with Crippen LogP contribution in [0.25, 0.3) is 0 Å². The van der Waals surface area contributed by atoms with E-state index in [0.29, 0.717) is 37.1 Å². The van der Waals surface area contributed by atoms with Gasteiger partial charge in [0.25, 0.3) is 10.0 Å². The van der Waals surface area contributed by atoms with Gasteiger partial charge in [0.2, 0.25) is 5.91 Å².